The molecule has 172 valence electrons. The van der Waals surface area contributed by atoms with E-state index in [4.69, 9.17) is 10.5 Å². The van der Waals surface area contributed by atoms with E-state index < -0.39 is 29.7 Å². The van der Waals surface area contributed by atoms with Gasteiger partial charge in [0, 0.05) is 18.7 Å². The number of halogens is 1. The fourth-order valence-corrected chi connectivity index (χ4v) is 4.04. The summed E-state index contributed by atoms with van der Waals surface area (Å²) in [6, 6.07) is 10.8. The minimum Gasteiger partial charge on any atom is -0.497 e. The molecule has 2 atom stereocenters. The largest absolute Gasteiger partial charge is 0.497 e. The molecule has 0 spiro atoms. The van der Waals surface area contributed by atoms with Crippen LogP contribution in [0.15, 0.2) is 53.6 Å². The van der Waals surface area contributed by atoms with Gasteiger partial charge in [-0.05, 0) is 61.4 Å². The van der Waals surface area contributed by atoms with Crippen LogP contribution < -0.4 is 20.8 Å². The fourth-order valence-electron chi connectivity index (χ4n) is 4.04. The summed E-state index contributed by atoms with van der Waals surface area (Å²) in [7, 11) is 1.56. The zero-order chi connectivity index (χ0) is 23.5. The Hall–Kier alpha value is -3.95. The van der Waals surface area contributed by atoms with E-state index in [0.29, 0.717) is 36.5 Å². The van der Waals surface area contributed by atoms with Crippen molar-refractivity contribution in [2.75, 3.05) is 24.0 Å². The van der Waals surface area contributed by atoms with E-state index in [1.165, 1.54) is 34.2 Å². The van der Waals surface area contributed by atoms with Crippen LogP contribution in [0.1, 0.15) is 19.3 Å². The second kappa shape index (κ2) is 9.27. The summed E-state index contributed by atoms with van der Waals surface area (Å²) in [6.45, 7) is 0.399. The molecule has 0 bridgehead atoms. The first-order valence-electron chi connectivity index (χ1n) is 10.5. The number of rotatable bonds is 6. The normalized spacial score (nSPS) is 19.9. The second-order valence-electron chi connectivity index (χ2n) is 7.86. The van der Waals surface area contributed by atoms with Crippen LogP contribution in [0.4, 0.5) is 15.8 Å². The molecule has 0 aromatic heterocycles. The number of likely N-dealkylation sites (tertiary alicyclic amines) is 1. The number of benzene rings is 2. The maximum absolute atomic E-state index is 13.3. The molecule has 2 aliphatic rings. The first-order valence-corrected chi connectivity index (χ1v) is 10.5. The third-order valence-corrected chi connectivity index (χ3v) is 5.75. The second-order valence-corrected chi connectivity index (χ2v) is 7.86. The number of carbonyl (C=O) groups excluding carboxylic acids is 3. The van der Waals surface area contributed by atoms with Gasteiger partial charge in [-0.15, -0.1) is 0 Å². The van der Waals surface area contributed by atoms with E-state index in [-0.39, 0.29) is 18.0 Å². The highest BCUT2D eigenvalue weighted by atomic mass is 19.1. The van der Waals surface area contributed by atoms with Crippen LogP contribution in [0.2, 0.25) is 0 Å². The van der Waals surface area contributed by atoms with Gasteiger partial charge in [0.05, 0.1) is 12.8 Å². The maximum atomic E-state index is 13.3. The quantitative estimate of drug-likeness (QED) is 0.693. The molecule has 1 saturated heterocycles. The molecule has 2 aromatic rings. The van der Waals surface area contributed by atoms with E-state index in [0.717, 1.165) is 0 Å². The number of amides is 3. The molecule has 10 heteroatoms. The van der Waals surface area contributed by atoms with Crippen molar-refractivity contribution in [3.8, 4) is 5.75 Å². The van der Waals surface area contributed by atoms with Crippen molar-refractivity contribution in [1.29, 1.82) is 0 Å². The molecule has 0 aliphatic carbocycles. The molecule has 2 heterocycles. The highest BCUT2D eigenvalue weighted by Crippen LogP contribution is 2.27. The van der Waals surface area contributed by atoms with Gasteiger partial charge in [0.25, 0.3) is 5.91 Å². The summed E-state index contributed by atoms with van der Waals surface area (Å²) in [4.78, 5) is 39.6. The SMILES string of the molecule is COc1ccc(NC(=O)C2CCCN2C(=O)C2=NN(c3ccc(F)cc3)C(C(N)=O)C2)cc1. The molecular formula is C23H24FN5O4. The minimum atomic E-state index is -0.872. The van der Waals surface area contributed by atoms with Gasteiger partial charge in [0.15, 0.2) is 0 Å². The van der Waals surface area contributed by atoms with E-state index in [1.54, 1.807) is 31.4 Å². The molecule has 0 radical (unpaired) electrons. The highest BCUT2D eigenvalue weighted by molar-refractivity contribution is 6.40. The number of nitrogens with two attached hydrogens (primary N) is 1. The van der Waals surface area contributed by atoms with Crippen molar-refractivity contribution < 1.29 is 23.5 Å². The Morgan fingerprint density at radius 3 is 2.42 bits per heavy atom. The van der Waals surface area contributed by atoms with Crippen molar-refractivity contribution in [1.82, 2.24) is 4.90 Å². The average molecular weight is 453 g/mol. The lowest BCUT2D eigenvalue weighted by Crippen LogP contribution is -2.46. The van der Waals surface area contributed by atoms with Crippen LogP contribution in [0.25, 0.3) is 0 Å². The van der Waals surface area contributed by atoms with Crippen molar-refractivity contribution in [3.05, 3.63) is 54.3 Å². The highest BCUT2D eigenvalue weighted by Gasteiger charge is 2.41. The number of anilines is 2. The van der Waals surface area contributed by atoms with Gasteiger partial charge in [0.2, 0.25) is 11.8 Å². The number of ether oxygens (including phenoxy) is 1. The zero-order valence-corrected chi connectivity index (χ0v) is 18.0. The number of methoxy groups -OCH3 is 1. The van der Waals surface area contributed by atoms with Gasteiger partial charge in [-0.25, -0.2) is 4.39 Å². The third kappa shape index (κ3) is 4.64. The molecule has 33 heavy (non-hydrogen) atoms. The van der Waals surface area contributed by atoms with Gasteiger partial charge < -0.3 is 20.7 Å². The maximum Gasteiger partial charge on any atom is 0.270 e. The number of nitrogens with zero attached hydrogens (tertiary/aromatic N) is 3. The predicted octanol–water partition coefficient (Wildman–Crippen LogP) is 1.88. The topological polar surface area (TPSA) is 117 Å². The molecule has 3 amide bonds. The predicted molar refractivity (Wildman–Crippen MR) is 120 cm³/mol. The smallest absolute Gasteiger partial charge is 0.270 e. The summed E-state index contributed by atoms with van der Waals surface area (Å²) in [6.07, 6.45) is 1.19. The monoisotopic (exact) mass is 453 g/mol. The van der Waals surface area contributed by atoms with Crippen LogP contribution in [0.5, 0.6) is 5.75 Å². The Balaban J connectivity index is 1.50. The molecule has 9 nitrogen and oxygen atoms in total. The number of carbonyl (C=O) groups is 3. The summed E-state index contributed by atoms with van der Waals surface area (Å²) in [5.41, 5.74) is 6.69. The number of hydrazone groups is 1. The number of nitrogens with one attached hydrogen (secondary N) is 1. The number of hydrogen-bond acceptors (Lipinski definition) is 6. The molecule has 1 fully saturated rings. The summed E-state index contributed by atoms with van der Waals surface area (Å²) in [5, 5.41) is 8.48. The first-order chi connectivity index (χ1) is 15.9. The number of hydrogen-bond donors (Lipinski definition) is 2. The summed E-state index contributed by atoms with van der Waals surface area (Å²) < 4.78 is 18.4. The molecule has 3 N–H and O–H groups in total. The van der Waals surface area contributed by atoms with Crippen LogP contribution in [-0.4, -0.2) is 54.1 Å². The summed E-state index contributed by atoms with van der Waals surface area (Å²) >= 11 is 0. The van der Waals surface area contributed by atoms with E-state index in [9.17, 15) is 18.8 Å². The van der Waals surface area contributed by atoms with Crippen molar-refractivity contribution in [2.24, 2.45) is 10.8 Å². The molecule has 4 rings (SSSR count). The van der Waals surface area contributed by atoms with Gasteiger partial charge in [-0.2, -0.15) is 5.10 Å². The standard InChI is InChI=1S/C23H24FN5O4/c1-33-17-10-6-15(7-11-17)26-22(31)19-3-2-12-28(19)23(32)18-13-20(21(25)30)29(27-18)16-8-4-14(24)5-9-16/h4-11,19-20H,2-3,12-13H2,1H3,(H2,25,30)(H,26,31). The average Bonchev–Trinajstić information content (AvgIpc) is 3.48. The molecular weight excluding hydrogens is 429 g/mol. The lowest BCUT2D eigenvalue weighted by molar-refractivity contribution is -0.131. The van der Waals surface area contributed by atoms with Gasteiger partial charge in [-0.3, -0.25) is 19.4 Å². The molecule has 2 aromatic carbocycles. The van der Waals surface area contributed by atoms with Crippen molar-refractivity contribution >= 4 is 34.8 Å². The lowest BCUT2D eigenvalue weighted by Gasteiger charge is -2.23. The third-order valence-electron chi connectivity index (χ3n) is 5.75. The Morgan fingerprint density at radius 2 is 1.79 bits per heavy atom. The minimum absolute atomic E-state index is 0.00879. The molecule has 2 unspecified atom stereocenters. The Labute approximate surface area is 190 Å². The van der Waals surface area contributed by atoms with Crippen LogP contribution in [0, 0.1) is 5.82 Å². The van der Waals surface area contributed by atoms with E-state index in [1.807, 2.05) is 0 Å². The Kier molecular flexibility index (Phi) is 6.25. The lowest BCUT2D eigenvalue weighted by atomic mass is 10.1. The zero-order valence-electron chi connectivity index (χ0n) is 18.0. The molecule has 2 aliphatic heterocycles. The van der Waals surface area contributed by atoms with Gasteiger partial charge in [0.1, 0.15) is 29.4 Å². The van der Waals surface area contributed by atoms with Crippen LogP contribution in [-0.2, 0) is 14.4 Å². The fraction of sp³-hybridized carbons (Fsp3) is 0.304. The number of primary amides is 1. The first kappa shape index (κ1) is 22.3. The summed E-state index contributed by atoms with van der Waals surface area (Å²) in [5.74, 6) is -1.14. The van der Waals surface area contributed by atoms with Crippen molar-refractivity contribution in [2.45, 2.75) is 31.3 Å². The van der Waals surface area contributed by atoms with Crippen molar-refractivity contribution in [3.63, 3.8) is 0 Å². The van der Waals surface area contributed by atoms with Crippen LogP contribution in [0.3, 0.4) is 0 Å². The van der Waals surface area contributed by atoms with Crippen LogP contribution >= 0.6 is 0 Å². The Morgan fingerprint density at radius 1 is 1.09 bits per heavy atom. The van der Waals surface area contributed by atoms with Gasteiger partial charge in [-0.1, -0.05) is 0 Å². The Bertz CT molecular complexity index is 1090. The van der Waals surface area contributed by atoms with E-state index in [2.05, 4.69) is 10.4 Å². The van der Waals surface area contributed by atoms with E-state index >= 15 is 0 Å². The van der Waals surface area contributed by atoms with Gasteiger partial charge >= 0.3 is 0 Å². The molecule has 0 saturated carbocycles.